The zero-order valence-corrected chi connectivity index (χ0v) is 14.5. The second-order valence-corrected chi connectivity index (χ2v) is 6.18. The molecule has 130 valence electrons. The predicted molar refractivity (Wildman–Crippen MR) is 86.7 cm³/mol. The Balaban J connectivity index is 2.30. The van der Waals surface area contributed by atoms with Gasteiger partial charge in [-0.1, -0.05) is 18.2 Å². The molecule has 0 aliphatic carbocycles. The van der Waals surface area contributed by atoms with E-state index in [0.717, 1.165) is 4.90 Å². The molecule has 0 unspecified atom stereocenters. The van der Waals surface area contributed by atoms with Crippen LogP contribution in [0.4, 0.5) is 9.59 Å². The first-order valence-electron chi connectivity index (χ1n) is 7.60. The van der Waals surface area contributed by atoms with Gasteiger partial charge < -0.3 is 15.1 Å². The lowest BCUT2D eigenvalue weighted by Gasteiger charge is -2.40. The van der Waals surface area contributed by atoms with Gasteiger partial charge in [0.05, 0.1) is 6.42 Å². The van der Waals surface area contributed by atoms with Crippen LogP contribution in [-0.4, -0.2) is 63.9 Å². The minimum absolute atomic E-state index is 0.392. The molecule has 8 heteroatoms. The van der Waals surface area contributed by atoms with Crippen LogP contribution in [0.25, 0.3) is 0 Å². The van der Waals surface area contributed by atoms with Crippen LogP contribution in [0.2, 0.25) is 0 Å². The van der Waals surface area contributed by atoms with E-state index in [1.54, 1.807) is 40.0 Å². The van der Waals surface area contributed by atoms with Crippen molar-refractivity contribution in [2.24, 2.45) is 0 Å². The average Bonchev–Trinajstić information content (AvgIpc) is 2.76. The van der Waals surface area contributed by atoms with E-state index in [1.165, 1.54) is 29.0 Å². The maximum atomic E-state index is 12.6. The number of ketones is 1. The SMILES string of the molecule is C/C=C/C=C/C(=O)CC(=O)N1C(=O)N(C)[C@]2(C)N(C)C(=O)N[C@]12C. The zero-order chi connectivity index (χ0) is 18.3. The molecule has 0 spiro atoms. The summed E-state index contributed by atoms with van der Waals surface area (Å²) in [6.45, 7) is 5.11. The van der Waals surface area contributed by atoms with Gasteiger partial charge in [-0.2, -0.15) is 0 Å². The normalized spacial score (nSPS) is 29.8. The Labute approximate surface area is 140 Å². The summed E-state index contributed by atoms with van der Waals surface area (Å²) in [4.78, 5) is 52.8. The summed E-state index contributed by atoms with van der Waals surface area (Å²) in [6, 6.07) is -0.946. The molecule has 2 heterocycles. The van der Waals surface area contributed by atoms with E-state index < -0.39 is 41.5 Å². The number of allylic oxidation sites excluding steroid dienone is 4. The topological polar surface area (TPSA) is 90.0 Å². The van der Waals surface area contributed by atoms with Crippen LogP contribution in [-0.2, 0) is 9.59 Å². The molecule has 0 aromatic carbocycles. The summed E-state index contributed by atoms with van der Waals surface area (Å²) in [7, 11) is 3.09. The van der Waals surface area contributed by atoms with Gasteiger partial charge >= 0.3 is 12.1 Å². The van der Waals surface area contributed by atoms with E-state index in [1.807, 2.05) is 0 Å². The molecular formula is C16H22N4O4. The van der Waals surface area contributed by atoms with Crippen molar-refractivity contribution in [3.05, 3.63) is 24.3 Å². The summed E-state index contributed by atoms with van der Waals surface area (Å²) in [6.07, 6.45) is 5.79. The van der Waals surface area contributed by atoms with Crippen molar-refractivity contribution in [1.29, 1.82) is 0 Å². The highest BCUT2D eigenvalue weighted by Gasteiger charge is 2.70. The predicted octanol–water partition coefficient (Wildman–Crippen LogP) is 1.06. The van der Waals surface area contributed by atoms with Crippen LogP contribution >= 0.6 is 0 Å². The second kappa shape index (κ2) is 5.77. The molecule has 2 rings (SSSR count). The van der Waals surface area contributed by atoms with Crippen LogP contribution in [0.5, 0.6) is 0 Å². The highest BCUT2D eigenvalue weighted by molar-refractivity contribution is 6.09. The van der Waals surface area contributed by atoms with E-state index >= 15 is 0 Å². The Hall–Kier alpha value is -2.64. The highest BCUT2D eigenvalue weighted by atomic mass is 16.2. The Kier molecular flexibility index (Phi) is 4.26. The highest BCUT2D eigenvalue weighted by Crippen LogP contribution is 2.44. The Morgan fingerprint density at radius 2 is 1.75 bits per heavy atom. The van der Waals surface area contributed by atoms with Crippen LogP contribution < -0.4 is 5.32 Å². The van der Waals surface area contributed by atoms with Gasteiger partial charge in [0.1, 0.15) is 0 Å². The summed E-state index contributed by atoms with van der Waals surface area (Å²) < 4.78 is 0. The lowest BCUT2D eigenvalue weighted by molar-refractivity contribution is -0.136. The van der Waals surface area contributed by atoms with Crippen molar-refractivity contribution in [2.45, 2.75) is 38.5 Å². The maximum Gasteiger partial charge on any atom is 0.330 e. The monoisotopic (exact) mass is 334 g/mol. The number of rotatable bonds is 4. The molecule has 2 atom stereocenters. The summed E-state index contributed by atoms with van der Waals surface area (Å²) >= 11 is 0. The minimum Gasteiger partial charge on any atom is -0.311 e. The van der Waals surface area contributed by atoms with Crippen molar-refractivity contribution in [3.63, 3.8) is 0 Å². The van der Waals surface area contributed by atoms with Gasteiger partial charge in [-0.3, -0.25) is 9.59 Å². The molecule has 2 saturated heterocycles. The van der Waals surface area contributed by atoms with Gasteiger partial charge in [-0.25, -0.2) is 14.5 Å². The fourth-order valence-electron chi connectivity index (χ4n) is 3.20. The molecule has 8 nitrogen and oxygen atoms in total. The quantitative estimate of drug-likeness (QED) is 0.473. The molecule has 5 amide bonds. The van der Waals surface area contributed by atoms with Gasteiger partial charge in [0.15, 0.2) is 17.1 Å². The lowest BCUT2D eigenvalue weighted by Crippen LogP contribution is -2.64. The van der Waals surface area contributed by atoms with Crippen LogP contribution in [0, 0.1) is 0 Å². The second-order valence-electron chi connectivity index (χ2n) is 6.18. The van der Waals surface area contributed by atoms with Crippen molar-refractivity contribution in [3.8, 4) is 0 Å². The molecule has 2 aliphatic heterocycles. The lowest BCUT2D eigenvalue weighted by atomic mass is 9.96. The first-order valence-corrected chi connectivity index (χ1v) is 7.60. The zero-order valence-electron chi connectivity index (χ0n) is 14.5. The number of amides is 5. The first-order chi connectivity index (χ1) is 11.1. The third-order valence-electron chi connectivity index (χ3n) is 4.97. The number of hydrogen-bond acceptors (Lipinski definition) is 4. The number of imide groups is 1. The first kappa shape index (κ1) is 17.7. The Bertz CT molecular complexity index is 671. The van der Waals surface area contributed by atoms with Gasteiger partial charge in [0, 0.05) is 14.1 Å². The molecule has 24 heavy (non-hydrogen) atoms. The van der Waals surface area contributed by atoms with Gasteiger partial charge in [0.2, 0.25) is 5.91 Å². The number of carbonyl (C=O) groups excluding carboxylic acids is 4. The fourth-order valence-corrected chi connectivity index (χ4v) is 3.20. The van der Waals surface area contributed by atoms with Gasteiger partial charge in [-0.15, -0.1) is 0 Å². The molecule has 0 aromatic rings. The number of nitrogens with zero attached hydrogens (tertiary/aromatic N) is 3. The standard InChI is InChI=1S/C16H22N4O4/c1-6-7-8-9-11(21)10-12(22)20-14(24)19(5)16(3)15(20,2)17-13(23)18(16)4/h6-9H,10H2,1-5H3,(H,17,23)/b7-6+,9-8+/t15-,16+/m1/s1. The van der Waals surface area contributed by atoms with Gasteiger partial charge in [-0.05, 0) is 26.8 Å². The Morgan fingerprint density at radius 3 is 2.33 bits per heavy atom. The summed E-state index contributed by atoms with van der Waals surface area (Å²) in [5.41, 5.74) is -2.30. The van der Waals surface area contributed by atoms with Crippen molar-refractivity contribution in [2.75, 3.05) is 14.1 Å². The van der Waals surface area contributed by atoms with Crippen LogP contribution in [0.15, 0.2) is 24.3 Å². The number of nitrogens with one attached hydrogen (secondary N) is 1. The average molecular weight is 334 g/mol. The van der Waals surface area contributed by atoms with E-state index in [4.69, 9.17) is 0 Å². The van der Waals surface area contributed by atoms with Crippen molar-refractivity contribution >= 4 is 23.8 Å². The smallest absolute Gasteiger partial charge is 0.311 e. The number of hydrogen-bond donors (Lipinski definition) is 1. The molecule has 0 bridgehead atoms. The fraction of sp³-hybridized carbons (Fsp3) is 0.500. The Morgan fingerprint density at radius 1 is 1.12 bits per heavy atom. The van der Waals surface area contributed by atoms with E-state index in [9.17, 15) is 19.2 Å². The summed E-state index contributed by atoms with van der Waals surface area (Å²) in [5.74, 6) is -1.06. The number of carbonyl (C=O) groups is 4. The van der Waals surface area contributed by atoms with Crippen LogP contribution in [0.3, 0.4) is 0 Å². The molecular weight excluding hydrogens is 312 g/mol. The van der Waals surface area contributed by atoms with Gasteiger partial charge in [0.25, 0.3) is 0 Å². The third-order valence-corrected chi connectivity index (χ3v) is 4.97. The molecule has 0 radical (unpaired) electrons. The van der Waals surface area contributed by atoms with E-state index in [0.29, 0.717) is 0 Å². The van der Waals surface area contributed by atoms with Crippen LogP contribution in [0.1, 0.15) is 27.2 Å². The maximum absolute atomic E-state index is 12.6. The molecule has 2 fully saturated rings. The molecule has 0 saturated carbocycles. The van der Waals surface area contributed by atoms with E-state index in [-0.39, 0.29) is 0 Å². The van der Waals surface area contributed by atoms with E-state index in [2.05, 4.69) is 5.32 Å². The van der Waals surface area contributed by atoms with Crippen molar-refractivity contribution in [1.82, 2.24) is 20.0 Å². The number of fused-ring (bicyclic) bond motifs is 1. The molecule has 2 aliphatic rings. The minimum atomic E-state index is -1.25. The molecule has 1 N–H and O–H groups in total. The number of urea groups is 2. The number of likely N-dealkylation sites (N-methyl/N-ethyl adjacent to an activating group) is 2. The largest absolute Gasteiger partial charge is 0.330 e. The summed E-state index contributed by atoms with van der Waals surface area (Å²) in [5, 5.41) is 2.69. The third kappa shape index (κ3) is 2.21. The van der Waals surface area contributed by atoms with Crippen molar-refractivity contribution < 1.29 is 19.2 Å². The molecule has 0 aromatic heterocycles.